The highest BCUT2D eigenvalue weighted by molar-refractivity contribution is 5.98. The van der Waals surface area contributed by atoms with Crippen molar-refractivity contribution in [3.05, 3.63) is 29.8 Å². The zero-order valence-electron chi connectivity index (χ0n) is 9.70. The predicted octanol–water partition coefficient (Wildman–Crippen LogP) is 2.81. The van der Waals surface area contributed by atoms with E-state index in [1.54, 1.807) is 0 Å². The molecule has 1 aromatic carbocycles. The van der Waals surface area contributed by atoms with Crippen LogP contribution in [0.1, 0.15) is 33.3 Å². The summed E-state index contributed by atoms with van der Waals surface area (Å²) in [6.07, 6.45) is -0.301. The van der Waals surface area contributed by atoms with Gasteiger partial charge in [0.15, 0.2) is 6.29 Å². The van der Waals surface area contributed by atoms with Crippen LogP contribution in [0, 0.1) is 0 Å². The van der Waals surface area contributed by atoms with Gasteiger partial charge < -0.3 is 9.16 Å². The molecular weight excluding hydrogens is 204 g/mol. The Hall–Kier alpha value is -0.803. The van der Waals surface area contributed by atoms with E-state index in [2.05, 4.69) is 37.3 Å². The van der Waals surface area contributed by atoms with Crippen molar-refractivity contribution in [3.63, 3.8) is 0 Å². The molecule has 15 heavy (non-hydrogen) atoms. The monoisotopic (exact) mass is 221 g/mol. The van der Waals surface area contributed by atoms with Crippen molar-refractivity contribution in [2.75, 3.05) is 0 Å². The summed E-state index contributed by atoms with van der Waals surface area (Å²) in [5.74, 6) is 0.871. The van der Waals surface area contributed by atoms with Crippen LogP contribution < -0.4 is 4.74 Å². The van der Waals surface area contributed by atoms with Gasteiger partial charge in [0.2, 0.25) is 0 Å². The summed E-state index contributed by atoms with van der Waals surface area (Å²) in [4.78, 5) is 0. The second-order valence-electron chi connectivity index (χ2n) is 4.55. The molecule has 0 saturated carbocycles. The summed E-state index contributed by atoms with van der Waals surface area (Å²) >= 11 is 0. The zero-order chi connectivity index (χ0) is 11.5. The molecule has 3 radical (unpaired) electrons. The van der Waals surface area contributed by atoms with Crippen molar-refractivity contribution < 1.29 is 9.16 Å². The van der Waals surface area contributed by atoms with E-state index in [-0.39, 0.29) is 11.7 Å². The first-order chi connectivity index (χ1) is 6.95. The first-order valence-corrected chi connectivity index (χ1v) is 5.44. The number of hydrogen-bond donors (Lipinski definition) is 0. The minimum atomic E-state index is -0.301. The van der Waals surface area contributed by atoms with Gasteiger partial charge in [-0.2, -0.15) is 0 Å². The van der Waals surface area contributed by atoms with Gasteiger partial charge in [0.05, 0.1) is 0 Å². The molecule has 81 valence electrons. The number of hydrogen-bond acceptors (Lipinski definition) is 2. The Balaban J connectivity index is 2.97. The van der Waals surface area contributed by atoms with Crippen LogP contribution in [-0.4, -0.2) is 16.8 Å². The topological polar surface area (TPSA) is 18.5 Å². The molecular formula is C12H17O2Si. The minimum Gasteiger partial charge on any atom is -0.466 e. The Morgan fingerprint density at radius 3 is 2.33 bits per heavy atom. The Bertz CT molecular complexity index is 318. The van der Waals surface area contributed by atoms with Crippen LogP contribution in [-0.2, 0) is 9.84 Å². The molecule has 0 aliphatic heterocycles. The Kier molecular flexibility index (Phi) is 3.94. The van der Waals surface area contributed by atoms with Gasteiger partial charge in [-0.3, -0.25) is 0 Å². The van der Waals surface area contributed by atoms with Crippen molar-refractivity contribution in [3.8, 4) is 5.75 Å². The van der Waals surface area contributed by atoms with E-state index in [4.69, 9.17) is 9.16 Å². The number of ether oxygens (including phenoxy) is 1. The van der Waals surface area contributed by atoms with Gasteiger partial charge in [-0.25, -0.2) is 0 Å². The highest BCUT2D eigenvalue weighted by Gasteiger charge is 2.19. The lowest BCUT2D eigenvalue weighted by molar-refractivity contribution is 0.0281. The summed E-state index contributed by atoms with van der Waals surface area (Å²) in [6.45, 7) is 8.32. The Morgan fingerprint density at radius 2 is 1.80 bits per heavy atom. The lowest BCUT2D eigenvalue weighted by Gasteiger charge is -2.24. The van der Waals surface area contributed by atoms with Crippen molar-refractivity contribution in [1.29, 1.82) is 0 Å². The quantitative estimate of drug-likeness (QED) is 0.577. The van der Waals surface area contributed by atoms with Crippen LogP contribution in [0.25, 0.3) is 0 Å². The maximum absolute atomic E-state index is 5.65. The van der Waals surface area contributed by atoms with E-state index in [9.17, 15) is 0 Å². The molecule has 0 aromatic heterocycles. The number of benzene rings is 1. The molecule has 0 bridgehead atoms. The third-order valence-electron chi connectivity index (χ3n) is 2.15. The first-order valence-electron chi connectivity index (χ1n) is 5.03. The van der Waals surface area contributed by atoms with Gasteiger partial charge in [0, 0.05) is 0 Å². The van der Waals surface area contributed by atoms with Gasteiger partial charge in [-0.15, -0.1) is 0 Å². The summed E-state index contributed by atoms with van der Waals surface area (Å²) in [5, 5.41) is 0. The second kappa shape index (κ2) is 4.81. The number of rotatable bonds is 3. The normalized spacial score (nSPS) is 13.7. The molecule has 0 aliphatic carbocycles. The second-order valence-corrected chi connectivity index (χ2v) is 4.79. The lowest BCUT2D eigenvalue weighted by Crippen LogP contribution is -2.19. The highest BCUT2D eigenvalue weighted by atomic mass is 28.2. The van der Waals surface area contributed by atoms with E-state index in [1.807, 2.05) is 25.1 Å². The maximum atomic E-state index is 5.65. The van der Waals surface area contributed by atoms with Crippen LogP contribution in [0.3, 0.4) is 0 Å². The van der Waals surface area contributed by atoms with Gasteiger partial charge in [-0.1, -0.05) is 39.0 Å². The molecule has 3 heteroatoms. The molecule has 0 spiro atoms. The van der Waals surface area contributed by atoms with E-state index in [1.165, 1.54) is 5.56 Å². The molecule has 0 heterocycles. The smallest absolute Gasteiger partial charge is 0.251 e. The molecule has 2 nitrogen and oxygen atoms in total. The standard InChI is InChI=1S/C12H17O2Si/c1-9(14-15)13-11-8-6-5-7-10(11)12(2,3)4/h5-9H,1-4H3. The largest absolute Gasteiger partial charge is 0.466 e. The van der Waals surface area contributed by atoms with Crippen molar-refractivity contribution in [1.82, 2.24) is 0 Å². The Labute approximate surface area is 95.1 Å². The predicted molar refractivity (Wildman–Crippen MR) is 62.1 cm³/mol. The third-order valence-corrected chi connectivity index (χ3v) is 2.49. The van der Waals surface area contributed by atoms with Crippen LogP contribution >= 0.6 is 0 Å². The van der Waals surface area contributed by atoms with Crippen molar-refractivity contribution in [2.24, 2.45) is 0 Å². The van der Waals surface area contributed by atoms with Crippen molar-refractivity contribution >= 4 is 10.5 Å². The first kappa shape index (κ1) is 12.3. The molecule has 1 rings (SSSR count). The molecule has 0 N–H and O–H groups in total. The summed E-state index contributed by atoms with van der Waals surface area (Å²) in [6, 6.07) is 8.02. The highest BCUT2D eigenvalue weighted by Crippen LogP contribution is 2.31. The van der Waals surface area contributed by atoms with Crippen LogP contribution in [0.5, 0.6) is 5.75 Å². The van der Waals surface area contributed by atoms with E-state index in [0.717, 1.165) is 5.75 Å². The average molecular weight is 221 g/mol. The molecule has 0 saturated heterocycles. The fourth-order valence-corrected chi connectivity index (χ4v) is 1.44. The molecule has 0 aliphatic rings. The van der Waals surface area contributed by atoms with Crippen LogP contribution in [0.4, 0.5) is 0 Å². The minimum absolute atomic E-state index is 0.0715. The summed E-state index contributed by atoms with van der Waals surface area (Å²) in [7, 11) is 2.97. The zero-order valence-corrected chi connectivity index (χ0v) is 10.7. The maximum Gasteiger partial charge on any atom is 0.251 e. The fourth-order valence-electron chi connectivity index (χ4n) is 1.39. The molecule has 0 amide bonds. The molecule has 1 unspecified atom stereocenters. The Morgan fingerprint density at radius 1 is 1.20 bits per heavy atom. The van der Waals surface area contributed by atoms with Crippen molar-refractivity contribution in [2.45, 2.75) is 39.4 Å². The SMILES string of the molecule is CC(O[Si])Oc1ccccc1C(C)(C)C. The molecule has 0 fully saturated rings. The average Bonchev–Trinajstić information content (AvgIpc) is 2.17. The van der Waals surface area contributed by atoms with Gasteiger partial charge >= 0.3 is 0 Å². The van der Waals surface area contributed by atoms with Gasteiger partial charge in [0.25, 0.3) is 10.5 Å². The van der Waals surface area contributed by atoms with Crippen LogP contribution in [0.2, 0.25) is 0 Å². The fraction of sp³-hybridized carbons (Fsp3) is 0.500. The lowest BCUT2D eigenvalue weighted by atomic mass is 9.86. The van der Waals surface area contributed by atoms with Gasteiger partial charge in [-0.05, 0) is 24.0 Å². The summed E-state index contributed by atoms with van der Waals surface area (Å²) < 4.78 is 10.6. The van der Waals surface area contributed by atoms with Gasteiger partial charge in [0.1, 0.15) is 5.75 Å². The molecule has 1 atom stereocenters. The van der Waals surface area contributed by atoms with Crippen LogP contribution in [0.15, 0.2) is 24.3 Å². The van der Waals surface area contributed by atoms with E-state index >= 15 is 0 Å². The summed E-state index contributed by atoms with van der Waals surface area (Å²) in [5.41, 5.74) is 1.25. The third kappa shape index (κ3) is 3.36. The van der Waals surface area contributed by atoms with E-state index < -0.39 is 0 Å². The van der Waals surface area contributed by atoms with E-state index in [0.29, 0.717) is 0 Å². The molecule has 1 aromatic rings. The number of para-hydroxylation sites is 1.